The van der Waals surface area contributed by atoms with Crippen LogP contribution in [0.25, 0.3) is 0 Å². The van der Waals surface area contributed by atoms with Gasteiger partial charge in [0.25, 0.3) is 0 Å². The zero-order valence-corrected chi connectivity index (χ0v) is 17.7. The van der Waals surface area contributed by atoms with Crippen LogP contribution in [-0.2, 0) is 9.47 Å². The van der Waals surface area contributed by atoms with Gasteiger partial charge >= 0.3 is 11.9 Å². The van der Waals surface area contributed by atoms with Gasteiger partial charge in [-0.2, -0.15) is 0 Å². The summed E-state index contributed by atoms with van der Waals surface area (Å²) in [6, 6.07) is 4.76. The quantitative estimate of drug-likeness (QED) is 0.251. The Kier molecular flexibility index (Phi) is 13.9. The van der Waals surface area contributed by atoms with Crippen molar-refractivity contribution in [2.75, 3.05) is 13.2 Å². The normalized spacial score (nSPS) is 10.6. The lowest BCUT2D eigenvalue weighted by Gasteiger charge is -2.07. The average Bonchev–Trinajstić information content (AvgIpc) is 2.72. The van der Waals surface area contributed by atoms with Gasteiger partial charge in [0.1, 0.15) is 11.4 Å². The molecule has 0 aliphatic rings. The van der Waals surface area contributed by atoms with E-state index >= 15 is 0 Å². The van der Waals surface area contributed by atoms with Gasteiger partial charge in [-0.1, -0.05) is 84.1 Å². The van der Waals surface area contributed by atoms with E-state index in [1.54, 1.807) is 18.2 Å². The van der Waals surface area contributed by atoms with E-state index in [9.17, 15) is 9.59 Å². The number of esters is 2. The second-order valence-corrected chi connectivity index (χ2v) is 7.22. The molecule has 5 heteroatoms. The summed E-state index contributed by atoms with van der Waals surface area (Å²) in [5, 5.41) is 0. The number of ether oxygens (including phenoxy) is 2. The Morgan fingerprint density at radius 2 is 1.07 bits per heavy atom. The number of carbonyl (C=O) groups is 2. The van der Waals surface area contributed by atoms with Gasteiger partial charge in [-0.15, -0.1) is 0 Å². The van der Waals surface area contributed by atoms with E-state index in [0.29, 0.717) is 13.2 Å². The summed E-state index contributed by atoms with van der Waals surface area (Å²) in [4.78, 5) is 28.3. The zero-order chi connectivity index (χ0) is 20.5. The molecule has 0 bridgehead atoms. The molecule has 5 nitrogen and oxygen atoms in total. The van der Waals surface area contributed by atoms with E-state index < -0.39 is 11.9 Å². The zero-order valence-electron chi connectivity index (χ0n) is 17.7. The molecule has 28 heavy (non-hydrogen) atoms. The third-order valence-electron chi connectivity index (χ3n) is 4.63. The molecule has 0 aromatic carbocycles. The van der Waals surface area contributed by atoms with Crippen LogP contribution in [-0.4, -0.2) is 30.1 Å². The van der Waals surface area contributed by atoms with Crippen molar-refractivity contribution in [3.63, 3.8) is 0 Å². The van der Waals surface area contributed by atoms with Gasteiger partial charge in [0, 0.05) is 0 Å². The summed E-state index contributed by atoms with van der Waals surface area (Å²) in [6.07, 6.45) is 13.7. The van der Waals surface area contributed by atoms with Crippen LogP contribution in [0.4, 0.5) is 0 Å². The Morgan fingerprint density at radius 3 is 1.54 bits per heavy atom. The van der Waals surface area contributed by atoms with Gasteiger partial charge in [-0.05, 0) is 25.0 Å². The molecule has 1 heterocycles. The molecule has 0 saturated carbocycles. The fraction of sp³-hybridized carbons (Fsp3) is 0.696. The molecule has 1 aromatic heterocycles. The second kappa shape index (κ2) is 16.1. The minimum Gasteiger partial charge on any atom is -0.461 e. The van der Waals surface area contributed by atoms with Crippen LogP contribution in [0.1, 0.15) is 112 Å². The topological polar surface area (TPSA) is 65.5 Å². The fourth-order valence-electron chi connectivity index (χ4n) is 2.90. The standard InChI is InChI=1S/C23H37NO4/c1-3-5-7-9-10-11-12-14-19-28-23(26)21-17-15-16-20(24-21)22(25)27-18-13-8-6-4-2/h15-17H,3-14,18-19H2,1-2H3. The Balaban J connectivity index is 2.24. The molecule has 1 rings (SSSR count). The molecule has 0 saturated heterocycles. The summed E-state index contributed by atoms with van der Waals surface area (Å²) in [7, 11) is 0. The van der Waals surface area contributed by atoms with Crippen LogP contribution in [0.2, 0.25) is 0 Å². The minimum absolute atomic E-state index is 0.150. The number of hydrogen-bond donors (Lipinski definition) is 0. The third kappa shape index (κ3) is 11.1. The first-order chi connectivity index (χ1) is 13.7. The molecule has 0 unspecified atom stereocenters. The van der Waals surface area contributed by atoms with E-state index in [-0.39, 0.29) is 11.4 Å². The minimum atomic E-state index is -0.491. The van der Waals surface area contributed by atoms with Crippen molar-refractivity contribution in [2.24, 2.45) is 0 Å². The predicted octanol–water partition coefficient (Wildman–Crippen LogP) is 6.12. The van der Waals surface area contributed by atoms with Gasteiger partial charge in [-0.3, -0.25) is 0 Å². The van der Waals surface area contributed by atoms with E-state index in [2.05, 4.69) is 18.8 Å². The molecule has 158 valence electrons. The largest absolute Gasteiger partial charge is 0.461 e. The Bertz CT molecular complexity index is 559. The van der Waals surface area contributed by atoms with Crippen molar-refractivity contribution in [3.05, 3.63) is 29.6 Å². The van der Waals surface area contributed by atoms with Crippen LogP contribution in [0.3, 0.4) is 0 Å². The smallest absolute Gasteiger partial charge is 0.356 e. The summed E-state index contributed by atoms with van der Waals surface area (Å²) in [5.74, 6) is -0.977. The Hall–Kier alpha value is -1.91. The molecule has 1 aromatic rings. The number of nitrogens with zero attached hydrogens (tertiary/aromatic N) is 1. The van der Waals surface area contributed by atoms with Crippen molar-refractivity contribution in [1.82, 2.24) is 4.98 Å². The number of unbranched alkanes of at least 4 members (excludes halogenated alkanes) is 10. The summed E-state index contributed by atoms with van der Waals surface area (Å²) < 4.78 is 10.5. The first-order valence-electron chi connectivity index (χ1n) is 11.0. The number of pyridine rings is 1. The summed E-state index contributed by atoms with van der Waals surface area (Å²) in [6.45, 7) is 5.13. The fourth-order valence-corrected chi connectivity index (χ4v) is 2.90. The molecule has 0 aliphatic heterocycles. The maximum Gasteiger partial charge on any atom is 0.356 e. The van der Waals surface area contributed by atoms with E-state index in [4.69, 9.17) is 9.47 Å². The average molecular weight is 392 g/mol. The molecule has 0 N–H and O–H groups in total. The highest BCUT2D eigenvalue weighted by Gasteiger charge is 2.14. The van der Waals surface area contributed by atoms with Crippen molar-refractivity contribution < 1.29 is 19.1 Å². The van der Waals surface area contributed by atoms with Crippen LogP contribution in [0.5, 0.6) is 0 Å². The van der Waals surface area contributed by atoms with E-state index in [1.165, 1.54) is 38.5 Å². The summed E-state index contributed by atoms with van der Waals surface area (Å²) >= 11 is 0. The highest BCUT2D eigenvalue weighted by molar-refractivity contribution is 5.91. The molecular formula is C23H37NO4. The highest BCUT2D eigenvalue weighted by atomic mass is 16.5. The Morgan fingerprint density at radius 1 is 0.679 bits per heavy atom. The van der Waals surface area contributed by atoms with E-state index in [0.717, 1.165) is 38.5 Å². The van der Waals surface area contributed by atoms with Crippen molar-refractivity contribution >= 4 is 11.9 Å². The second-order valence-electron chi connectivity index (χ2n) is 7.22. The first kappa shape index (κ1) is 24.1. The van der Waals surface area contributed by atoms with Gasteiger partial charge in [-0.25, -0.2) is 14.6 Å². The maximum absolute atomic E-state index is 12.1. The maximum atomic E-state index is 12.1. The highest BCUT2D eigenvalue weighted by Crippen LogP contribution is 2.09. The van der Waals surface area contributed by atoms with Crippen molar-refractivity contribution in [3.8, 4) is 0 Å². The van der Waals surface area contributed by atoms with E-state index in [1.807, 2.05) is 0 Å². The van der Waals surface area contributed by atoms with Gasteiger partial charge in [0.15, 0.2) is 0 Å². The molecule has 0 amide bonds. The predicted molar refractivity (Wildman–Crippen MR) is 112 cm³/mol. The lowest BCUT2D eigenvalue weighted by Crippen LogP contribution is -2.13. The number of rotatable bonds is 16. The molecule has 0 aliphatic carbocycles. The van der Waals surface area contributed by atoms with Crippen LogP contribution in [0, 0.1) is 0 Å². The molecule has 0 atom stereocenters. The van der Waals surface area contributed by atoms with Crippen LogP contribution >= 0.6 is 0 Å². The molecular weight excluding hydrogens is 354 g/mol. The summed E-state index contributed by atoms with van der Waals surface area (Å²) in [5.41, 5.74) is 0.303. The van der Waals surface area contributed by atoms with Crippen molar-refractivity contribution in [2.45, 2.75) is 90.9 Å². The lowest BCUT2D eigenvalue weighted by molar-refractivity contribution is 0.0482. The monoisotopic (exact) mass is 391 g/mol. The molecule has 0 fully saturated rings. The lowest BCUT2D eigenvalue weighted by atomic mass is 10.1. The van der Waals surface area contributed by atoms with Crippen LogP contribution in [0.15, 0.2) is 18.2 Å². The number of aromatic nitrogens is 1. The third-order valence-corrected chi connectivity index (χ3v) is 4.63. The van der Waals surface area contributed by atoms with Crippen LogP contribution < -0.4 is 0 Å². The number of carbonyl (C=O) groups excluding carboxylic acids is 2. The molecule has 0 radical (unpaired) electrons. The SMILES string of the molecule is CCCCCCCCCCOC(=O)c1cccc(C(=O)OCCCCCC)n1. The van der Waals surface area contributed by atoms with Crippen molar-refractivity contribution in [1.29, 1.82) is 0 Å². The molecule has 0 spiro atoms. The van der Waals surface area contributed by atoms with Gasteiger partial charge in [0.2, 0.25) is 0 Å². The van der Waals surface area contributed by atoms with Gasteiger partial charge < -0.3 is 9.47 Å². The first-order valence-corrected chi connectivity index (χ1v) is 11.0. The van der Waals surface area contributed by atoms with Gasteiger partial charge in [0.05, 0.1) is 13.2 Å². The number of hydrogen-bond acceptors (Lipinski definition) is 5. The Labute approximate surface area is 170 Å².